The molecule has 2 amide bonds. The summed E-state index contributed by atoms with van der Waals surface area (Å²) >= 11 is 0. The molecule has 0 fully saturated rings. The van der Waals surface area contributed by atoms with Gasteiger partial charge < -0.3 is 10.2 Å². The third kappa shape index (κ3) is 7.94. The van der Waals surface area contributed by atoms with Gasteiger partial charge in [0.2, 0.25) is 11.8 Å². The monoisotopic (exact) mass is 616 g/mol. The highest BCUT2D eigenvalue weighted by molar-refractivity contribution is 6.09. The highest BCUT2D eigenvalue weighted by Crippen LogP contribution is 2.43. The van der Waals surface area contributed by atoms with Gasteiger partial charge in [-0.1, -0.05) is 30.3 Å². The fourth-order valence-corrected chi connectivity index (χ4v) is 3.81. The Morgan fingerprint density at radius 3 is 1.57 bits per heavy atom. The zero-order valence-corrected chi connectivity index (χ0v) is 20.6. The number of alkyl halides is 12. The molecule has 0 bridgehead atoms. The number of anilines is 2. The maximum atomic E-state index is 13.5. The first-order chi connectivity index (χ1) is 19.2. The lowest BCUT2D eigenvalue weighted by Crippen LogP contribution is -2.34. The summed E-state index contributed by atoms with van der Waals surface area (Å²) in [5.41, 5.74) is -9.52. The van der Waals surface area contributed by atoms with E-state index >= 15 is 0 Å². The molecule has 1 N–H and O–H groups in total. The lowest BCUT2D eigenvalue weighted by Gasteiger charge is -2.25. The molecule has 16 heteroatoms. The van der Waals surface area contributed by atoms with Crippen molar-refractivity contribution >= 4 is 23.2 Å². The van der Waals surface area contributed by atoms with Gasteiger partial charge >= 0.3 is 24.7 Å². The molecule has 0 saturated heterocycles. The summed E-state index contributed by atoms with van der Waals surface area (Å²) in [6.45, 7) is -0.534. The Morgan fingerprint density at radius 1 is 0.595 bits per heavy atom. The van der Waals surface area contributed by atoms with Crippen LogP contribution in [0.1, 0.15) is 34.2 Å². The predicted octanol–water partition coefficient (Wildman–Crippen LogP) is 8.32. The largest absolute Gasteiger partial charge is 0.417 e. The van der Waals surface area contributed by atoms with E-state index in [1.54, 1.807) is 6.07 Å². The highest BCUT2D eigenvalue weighted by Gasteiger charge is 2.44. The van der Waals surface area contributed by atoms with Crippen molar-refractivity contribution in [3.8, 4) is 0 Å². The molecule has 4 nitrogen and oxygen atoms in total. The van der Waals surface area contributed by atoms with Gasteiger partial charge in [0.25, 0.3) is 0 Å². The molecule has 0 saturated carbocycles. The van der Waals surface area contributed by atoms with Gasteiger partial charge in [-0.05, 0) is 42.0 Å². The number of carbonyl (C=O) groups is 2. The van der Waals surface area contributed by atoms with Crippen molar-refractivity contribution in [3.63, 3.8) is 0 Å². The van der Waals surface area contributed by atoms with Crippen LogP contribution in [0.3, 0.4) is 0 Å². The van der Waals surface area contributed by atoms with Gasteiger partial charge in [0, 0.05) is 11.4 Å². The van der Waals surface area contributed by atoms with E-state index in [9.17, 15) is 62.3 Å². The van der Waals surface area contributed by atoms with Gasteiger partial charge in [0.05, 0.1) is 28.8 Å². The summed E-state index contributed by atoms with van der Waals surface area (Å²) in [6, 6.07) is 8.59. The normalized spacial score (nSPS) is 12.7. The first kappa shape index (κ1) is 32.3. The average Bonchev–Trinajstić information content (AvgIpc) is 2.85. The number of nitrogens with one attached hydrogen (secondary N) is 1. The van der Waals surface area contributed by atoms with Crippen LogP contribution in [0.4, 0.5) is 64.1 Å². The molecule has 3 aromatic rings. The maximum absolute atomic E-state index is 13.5. The molecule has 226 valence electrons. The van der Waals surface area contributed by atoms with E-state index in [0.717, 1.165) is 0 Å². The first-order valence-corrected chi connectivity index (χ1v) is 11.4. The summed E-state index contributed by atoms with van der Waals surface area (Å²) in [6.07, 6.45) is -23.0. The van der Waals surface area contributed by atoms with E-state index in [4.69, 9.17) is 0 Å². The lowest BCUT2D eigenvalue weighted by atomic mass is 10.0. The Kier molecular flexibility index (Phi) is 8.89. The van der Waals surface area contributed by atoms with Crippen molar-refractivity contribution in [2.24, 2.45) is 0 Å². The molecule has 0 heterocycles. The Hall–Kier alpha value is -4.24. The van der Waals surface area contributed by atoms with Crippen LogP contribution in [0.2, 0.25) is 0 Å². The van der Waals surface area contributed by atoms with Gasteiger partial charge in [-0.25, -0.2) is 0 Å². The average molecular weight is 616 g/mol. The van der Waals surface area contributed by atoms with Crippen LogP contribution < -0.4 is 10.2 Å². The lowest BCUT2D eigenvalue weighted by molar-refractivity contribution is -0.162. The van der Waals surface area contributed by atoms with Crippen molar-refractivity contribution < 1.29 is 62.3 Å². The minimum absolute atomic E-state index is 0.0155. The number of halogens is 12. The van der Waals surface area contributed by atoms with Gasteiger partial charge in [-0.2, -0.15) is 52.7 Å². The molecule has 0 aliphatic rings. The zero-order chi connectivity index (χ0) is 31.7. The molecule has 0 atom stereocenters. The smallest absolute Gasteiger partial charge is 0.326 e. The zero-order valence-electron chi connectivity index (χ0n) is 20.6. The fraction of sp³-hybridized carbons (Fsp3) is 0.231. The molecule has 3 aromatic carbocycles. The minimum atomic E-state index is -5.50. The third-order valence-electron chi connectivity index (χ3n) is 5.64. The Balaban J connectivity index is 1.95. The van der Waals surface area contributed by atoms with E-state index in [-0.39, 0.29) is 29.8 Å². The second kappa shape index (κ2) is 11.6. The van der Waals surface area contributed by atoms with Gasteiger partial charge in [-0.3, -0.25) is 9.59 Å². The predicted molar refractivity (Wildman–Crippen MR) is 124 cm³/mol. The first-order valence-electron chi connectivity index (χ1n) is 11.4. The van der Waals surface area contributed by atoms with Crippen LogP contribution in [-0.2, 0) is 40.8 Å². The van der Waals surface area contributed by atoms with Crippen LogP contribution in [0.15, 0.2) is 66.7 Å². The van der Waals surface area contributed by atoms with E-state index in [1.807, 2.05) is 5.32 Å². The quantitative estimate of drug-likeness (QED) is 0.224. The molecular weight excluding hydrogens is 600 g/mol. The maximum Gasteiger partial charge on any atom is 0.417 e. The Labute approximate surface area is 228 Å². The standard InChI is InChI=1S/C26H16F12N2O2/c27-23(28,29)17-8-6-15(10-19(17)25(33,34)35)39-21(41)12-22(42)40(13-14-4-2-1-3-5-14)16-7-9-18(24(30,31)32)20(11-16)26(36,37)38/h1-11H,12-13H2,(H,39,41). The van der Waals surface area contributed by atoms with Crippen molar-refractivity contribution in [3.05, 3.63) is 94.5 Å². The number of benzene rings is 3. The molecule has 0 unspecified atom stereocenters. The molecule has 3 rings (SSSR count). The molecule has 0 aromatic heterocycles. The molecule has 0 aliphatic carbocycles. The molecular formula is C26H16F12N2O2. The van der Waals surface area contributed by atoms with Gasteiger partial charge in [0.1, 0.15) is 6.42 Å². The Bertz CT molecular complexity index is 1440. The van der Waals surface area contributed by atoms with E-state index in [2.05, 4.69) is 0 Å². The topological polar surface area (TPSA) is 49.4 Å². The molecule has 42 heavy (non-hydrogen) atoms. The molecule has 0 radical (unpaired) electrons. The van der Waals surface area contributed by atoms with Crippen LogP contribution in [-0.4, -0.2) is 11.8 Å². The van der Waals surface area contributed by atoms with Crippen molar-refractivity contribution in [1.29, 1.82) is 0 Å². The van der Waals surface area contributed by atoms with E-state index in [1.165, 1.54) is 24.3 Å². The van der Waals surface area contributed by atoms with E-state index < -0.39 is 83.1 Å². The number of hydrogen-bond acceptors (Lipinski definition) is 2. The molecule has 0 aliphatic heterocycles. The number of rotatable bonds is 6. The van der Waals surface area contributed by atoms with Crippen molar-refractivity contribution in [2.75, 3.05) is 10.2 Å². The van der Waals surface area contributed by atoms with Crippen molar-refractivity contribution in [1.82, 2.24) is 0 Å². The van der Waals surface area contributed by atoms with Gasteiger partial charge in [-0.15, -0.1) is 0 Å². The number of carbonyl (C=O) groups excluding carboxylic acids is 2. The van der Waals surface area contributed by atoms with Crippen LogP contribution in [0.5, 0.6) is 0 Å². The minimum Gasteiger partial charge on any atom is -0.326 e. The van der Waals surface area contributed by atoms with E-state index in [0.29, 0.717) is 17.0 Å². The van der Waals surface area contributed by atoms with Gasteiger partial charge in [0.15, 0.2) is 0 Å². The number of amides is 2. The fourth-order valence-electron chi connectivity index (χ4n) is 3.81. The molecule has 0 spiro atoms. The summed E-state index contributed by atoms with van der Waals surface area (Å²) in [5.74, 6) is -2.65. The van der Waals surface area contributed by atoms with Crippen LogP contribution in [0, 0.1) is 0 Å². The summed E-state index contributed by atoms with van der Waals surface area (Å²) in [5, 5.41) is 1.82. The summed E-state index contributed by atoms with van der Waals surface area (Å²) in [4.78, 5) is 26.1. The van der Waals surface area contributed by atoms with Crippen LogP contribution >= 0.6 is 0 Å². The number of nitrogens with zero attached hydrogens (tertiary/aromatic N) is 1. The second-order valence-electron chi connectivity index (χ2n) is 8.67. The summed E-state index contributed by atoms with van der Waals surface area (Å²) in [7, 11) is 0. The van der Waals surface area contributed by atoms with Crippen LogP contribution in [0.25, 0.3) is 0 Å². The van der Waals surface area contributed by atoms with Crippen molar-refractivity contribution in [2.45, 2.75) is 37.7 Å². The number of hydrogen-bond donors (Lipinski definition) is 1. The second-order valence-corrected chi connectivity index (χ2v) is 8.67. The summed E-state index contributed by atoms with van der Waals surface area (Å²) < 4.78 is 159. The highest BCUT2D eigenvalue weighted by atomic mass is 19.4. The third-order valence-corrected chi connectivity index (χ3v) is 5.64. The Morgan fingerprint density at radius 2 is 1.07 bits per heavy atom. The SMILES string of the molecule is O=C(CC(=O)N(Cc1ccccc1)c1ccc(C(F)(F)F)c(C(F)(F)F)c1)Nc1ccc(C(F)(F)F)c(C(F)(F)F)c1.